The van der Waals surface area contributed by atoms with Crippen molar-refractivity contribution in [3.8, 4) is 0 Å². The van der Waals surface area contributed by atoms with E-state index in [4.69, 9.17) is 0 Å². The van der Waals surface area contributed by atoms with E-state index in [1.54, 1.807) is 0 Å². The highest BCUT2D eigenvalue weighted by atomic mass is 79.9. The lowest BCUT2D eigenvalue weighted by molar-refractivity contribution is -0.122. The number of rotatable bonds is 3. The molecule has 1 N–H and O–H groups in total. The molecular weight excluding hydrogens is 331 g/mol. The van der Waals surface area contributed by atoms with Gasteiger partial charge in [-0.05, 0) is 40.9 Å². The average molecular weight is 341 g/mol. The molecule has 2 amide bonds. The van der Waals surface area contributed by atoms with Crippen molar-refractivity contribution >= 4 is 39.2 Å². The molecule has 0 bridgehead atoms. The molecule has 20 heavy (non-hydrogen) atoms. The van der Waals surface area contributed by atoms with Gasteiger partial charge in [-0.2, -0.15) is 0 Å². The number of ketones is 1. The van der Waals surface area contributed by atoms with Gasteiger partial charge in [0.25, 0.3) is 11.7 Å². The van der Waals surface area contributed by atoms with Gasteiger partial charge in [0.2, 0.25) is 5.91 Å². The summed E-state index contributed by atoms with van der Waals surface area (Å²) in [4.78, 5) is 36.5. The highest BCUT2D eigenvalue weighted by Crippen LogP contribution is 2.33. The molecule has 1 saturated carbocycles. The van der Waals surface area contributed by atoms with Crippen molar-refractivity contribution in [2.75, 3.05) is 11.4 Å². The van der Waals surface area contributed by atoms with E-state index in [2.05, 4.69) is 21.2 Å². The maximum Gasteiger partial charge on any atom is 0.299 e. The van der Waals surface area contributed by atoms with Crippen LogP contribution in [0.15, 0.2) is 16.6 Å². The zero-order chi connectivity index (χ0) is 14.4. The van der Waals surface area contributed by atoms with Gasteiger partial charge in [-0.15, -0.1) is 0 Å². The topological polar surface area (TPSA) is 66.5 Å². The predicted molar refractivity (Wildman–Crippen MR) is 71.9 cm³/mol. The van der Waals surface area contributed by atoms with Crippen LogP contribution in [0.2, 0.25) is 0 Å². The number of carbonyl (C=O) groups excluding carboxylic acids is 3. The summed E-state index contributed by atoms with van der Waals surface area (Å²) in [5.41, 5.74) is 0.258. The number of nitrogens with zero attached hydrogens (tertiary/aromatic N) is 1. The second-order valence-corrected chi connectivity index (χ2v) is 5.70. The number of nitrogens with one attached hydrogen (secondary N) is 1. The summed E-state index contributed by atoms with van der Waals surface area (Å²) in [6.07, 6.45) is 1.85. The van der Waals surface area contributed by atoms with Gasteiger partial charge in [0.1, 0.15) is 12.4 Å². The molecule has 2 aliphatic rings. The summed E-state index contributed by atoms with van der Waals surface area (Å²) in [5.74, 6) is -2.45. The predicted octanol–water partition coefficient (Wildman–Crippen LogP) is 1.40. The molecule has 0 radical (unpaired) electrons. The van der Waals surface area contributed by atoms with Gasteiger partial charge < -0.3 is 5.32 Å². The van der Waals surface area contributed by atoms with Crippen molar-refractivity contribution in [1.82, 2.24) is 5.32 Å². The number of benzene rings is 1. The standard InChI is InChI=1S/C13H10BrFN2O3/c14-8-3-7-10(4-9(8)15)17(13(20)12(7)19)5-11(18)16-6-1-2-6/h3-4,6H,1-2,5H2,(H,16,18). The highest BCUT2D eigenvalue weighted by Gasteiger charge is 2.38. The van der Waals surface area contributed by atoms with Crippen LogP contribution in [-0.4, -0.2) is 30.2 Å². The van der Waals surface area contributed by atoms with Crippen molar-refractivity contribution < 1.29 is 18.8 Å². The van der Waals surface area contributed by atoms with Crippen molar-refractivity contribution in [2.45, 2.75) is 18.9 Å². The first-order valence-electron chi connectivity index (χ1n) is 6.12. The fourth-order valence-electron chi connectivity index (χ4n) is 2.09. The molecule has 0 aromatic heterocycles. The molecule has 1 heterocycles. The van der Waals surface area contributed by atoms with Crippen molar-refractivity contribution in [2.24, 2.45) is 0 Å². The third-order valence-corrected chi connectivity index (χ3v) is 3.87. The second kappa shape index (κ2) is 4.66. The lowest BCUT2D eigenvalue weighted by Gasteiger charge is -2.16. The fourth-order valence-corrected chi connectivity index (χ4v) is 2.43. The minimum absolute atomic E-state index is 0.113. The molecule has 0 atom stereocenters. The maximum atomic E-state index is 13.6. The molecule has 5 nitrogen and oxygen atoms in total. The lowest BCUT2D eigenvalue weighted by atomic mass is 10.1. The molecule has 7 heteroatoms. The van der Waals surface area contributed by atoms with E-state index in [0.29, 0.717) is 0 Å². The van der Waals surface area contributed by atoms with Gasteiger partial charge in [-0.1, -0.05) is 0 Å². The van der Waals surface area contributed by atoms with E-state index < -0.39 is 17.5 Å². The molecule has 1 aliphatic heterocycles. The Morgan fingerprint density at radius 2 is 2.10 bits per heavy atom. The third-order valence-electron chi connectivity index (χ3n) is 3.26. The van der Waals surface area contributed by atoms with E-state index in [1.807, 2.05) is 0 Å². The van der Waals surface area contributed by atoms with E-state index in [0.717, 1.165) is 23.8 Å². The van der Waals surface area contributed by atoms with Crippen LogP contribution in [0.5, 0.6) is 0 Å². The van der Waals surface area contributed by atoms with Gasteiger partial charge in [0.15, 0.2) is 0 Å². The van der Waals surface area contributed by atoms with E-state index in [1.165, 1.54) is 6.07 Å². The number of hydrogen-bond acceptors (Lipinski definition) is 3. The van der Waals surface area contributed by atoms with Crippen LogP contribution in [0.4, 0.5) is 10.1 Å². The minimum Gasteiger partial charge on any atom is -0.352 e. The monoisotopic (exact) mass is 340 g/mol. The quantitative estimate of drug-likeness (QED) is 0.845. The lowest BCUT2D eigenvalue weighted by Crippen LogP contribution is -2.40. The van der Waals surface area contributed by atoms with Crippen LogP contribution < -0.4 is 10.2 Å². The number of halogens is 2. The molecular formula is C13H10BrFN2O3. The van der Waals surface area contributed by atoms with Crippen LogP contribution in [0.25, 0.3) is 0 Å². The summed E-state index contributed by atoms with van der Waals surface area (Å²) in [5, 5.41) is 2.73. The number of fused-ring (bicyclic) bond motifs is 1. The summed E-state index contributed by atoms with van der Waals surface area (Å²) < 4.78 is 13.7. The Morgan fingerprint density at radius 3 is 2.75 bits per heavy atom. The number of anilines is 1. The normalized spacial score (nSPS) is 17.4. The molecule has 1 aliphatic carbocycles. The van der Waals surface area contributed by atoms with Crippen molar-refractivity contribution in [3.63, 3.8) is 0 Å². The first-order chi connectivity index (χ1) is 9.47. The van der Waals surface area contributed by atoms with Gasteiger partial charge in [0.05, 0.1) is 15.7 Å². The molecule has 1 aromatic carbocycles. The first-order valence-corrected chi connectivity index (χ1v) is 6.91. The largest absolute Gasteiger partial charge is 0.352 e. The van der Waals surface area contributed by atoms with Crippen molar-refractivity contribution in [3.05, 3.63) is 28.0 Å². The first kappa shape index (κ1) is 13.2. The minimum atomic E-state index is -0.802. The van der Waals surface area contributed by atoms with Crippen molar-refractivity contribution in [1.29, 1.82) is 0 Å². The summed E-state index contributed by atoms with van der Waals surface area (Å²) in [6, 6.07) is 2.52. The zero-order valence-corrected chi connectivity index (χ0v) is 11.9. The van der Waals surface area contributed by atoms with Gasteiger partial charge in [0, 0.05) is 6.04 Å². The molecule has 3 rings (SSSR count). The number of carbonyl (C=O) groups is 3. The maximum absolute atomic E-state index is 13.6. The summed E-state index contributed by atoms with van der Waals surface area (Å²) >= 11 is 2.97. The fraction of sp³-hybridized carbons (Fsp3) is 0.308. The Bertz CT molecular complexity index is 643. The highest BCUT2D eigenvalue weighted by molar-refractivity contribution is 9.10. The van der Waals surface area contributed by atoms with E-state index in [-0.39, 0.29) is 34.2 Å². The van der Waals surface area contributed by atoms with Crippen LogP contribution in [0.3, 0.4) is 0 Å². The molecule has 1 fully saturated rings. The van der Waals surface area contributed by atoms with Crippen LogP contribution in [-0.2, 0) is 9.59 Å². The molecule has 104 valence electrons. The molecule has 0 unspecified atom stereocenters. The van der Waals surface area contributed by atoms with Gasteiger partial charge in [-0.25, -0.2) is 4.39 Å². The van der Waals surface area contributed by atoms with Crippen LogP contribution in [0, 0.1) is 5.82 Å². The van der Waals surface area contributed by atoms with E-state index in [9.17, 15) is 18.8 Å². The summed E-state index contributed by atoms with van der Waals surface area (Å²) in [7, 11) is 0. The Morgan fingerprint density at radius 1 is 1.40 bits per heavy atom. The van der Waals surface area contributed by atoms with E-state index >= 15 is 0 Å². The summed E-state index contributed by atoms with van der Waals surface area (Å²) in [6.45, 7) is -0.269. The molecule has 1 aromatic rings. The SMILES string of the molecule is O=C(CN1C(=O)C(=O)c2cc(Br)c(F)cc21)NC1CC1. The van der Waals surface area contributed by atoms with Gasteiger partial charge in [-0.3, -0.25) is 19.3 Å². The van der Waals surface area contributed by atoms with Crippen LogP contribution >= 0.6 is 15.9 Å². The average Bonchev–Trinajstić information content (AvgIpc) is 3.17. The second-order valence-electron chi connectivity index (χ2n) is 4.85. The van der Waals surface area contributed by atoms with Gasteiger partial charge >= 0.3 is 0 Å². The third kappa shape index (κ3) is 2.22. The Balaban J connectivity index is 1.88. The number of Topliss-reactive ketones (excluding diaryl/α,β-unsaturated/α-hetero) is 1. The molecule has 0 saturated heterocycles. The Labute approximate surface area is 122 Å². The number of amides is 2. The number of hydrogen-bond donors (Lipinski definition) is 1. The Kier molecular flexibility index (Phi) is 3.08. The Hall–Kier alpha value is -1.76. The smallest absolute Gasteiger partial charge is 0.299 e. The van der Waals surface area contributed by atoms with Crippen LogP contribution in [0.1, 0.15) is 23.2 Å². The zero-order valence-electron chi connectivity index (χ0n) is 10.3. The molecule has 0 spiro atoms.